The molecule has 0 radical (unpaired) electrons. The highest BCUT2D eigenvalue weighted by Crippen LogP contribution is 2.35. The summed E-state index contributed by atoms with van der Waals surface area (Å²) < 4.78 is 21.6. The summed E-state index contributed by atoms with van der Waals surface area (Å²) in [6, 6.07) is 13.4. The van der Waals surface area contributed by atoms with Crippen LogP contribution in [0.25, 0.3) is 6.08 Å². The first-order valence-corrected chi connectivity index (χ1v) is 6.93. The van der Waals surface area contributed by atoms with E-state index in [-0.39, 0.29) is 0 Å². The van der Waals surface area contributed by atoms with Crippen molar-refractivity contribution >= 4 is 6.08 Å². The zero-order chi connectivity index (χ0) is 15.8. The van der Waals surface area contributed by atoms with Gasteiger partial charge in [-0.25, -0.2) is 0 Å². The standard InChI is InChI=1S/C18H20O4/c1-19-16-13-18(21-3)17(20-2)12-14(16)8-7-11-22-15-9-5-4-6-10-15/h4-10,12-13H,11H2,1-3H3/b8-7+. The van der Waals surface area contributed by atoms with Crippen molar-refractivity contribution in [1.82, 2.24) is 0 Å². The Morgan fingerprint density at radius 3 is 2.09 bits per heavy atom. The Morgan fingerprint density at radius 2 is 1.45 bits per heavy atom. The molecule has 4 nitrogen and oxygen atoms in total. The molecule has 0 N–H and O–H groups in total. The van der Waals surface area contributed by atoms with E-state index in [4.69, 9.17) is 18.9 Å². The summed E-state index contributed by atoms with van der Waals surface area (Å²) in [7, 11) is 4.83. The average Bonchev–Trinajstić information content (AvgIpc) is 2.58. The molecule has 0 saturated heterocycles. The fourth-order valence-corrected chi connectivity index (χ4v) is 2.02. The molecule has 0 saturated carbocycles. The molecule has 22 heavy (non-hydrogen) atoms. The molecule has 0 aliphatic carbocycles. The van der Waals surface area contributed by atoms with Crippen molar-refractivity contribution in [3.63, 3.8) is 0 Å². The van der Waals surface area contributed by atoms with Crippen LogP contribution in [0.3, 0.4) is 0 Å². The van der Waals surface area contributed by atoms with Crippen molar-refractivity contribution in [2.75, 3.05) is 27.9 Å². The molecule has 0 heterocycles. The first-order valence-electron chi connectivity index (χ1n) is 6.93. The maximum absolute atomic E-state index is 5.62. The minimum atomic E-state index is 0.474. The molecule has 2 rings (SSSR count). The lowest BCUT2D eigenvalue weighted by atomic mass is 10.1. The summed E-state index contributed by atoms with van der Waals surface area (Å²) in [5.41, 5.74) is 0.900. The Balaban J connectivity index is 2.09. The van der Waals surface area contributed by atoms with Crippen LogP contribution in [-0.4, -0.2) is 27.9 Å². The Hall–Kier alpha value is -2.62. The zero-order valence-electron chi connectivity index (χ0n) is 13.0. The van der Waals surface area contributed by atoms with E-state index >= 15 is 0 Å². The van der Waals surface area contributed by atoms with Crippen LogP contribution >= 0.6 is 0 Å². The molecule has 0 atom stereocenters. The second-order valence-electron chi connectivity index (χ2n) is 4.48. The zero-order valence-corrected chi connectivity index (χ0v) is 13.0. The molecular formula is C18H20O4. The highest BCUT2D eigenvalue weighted by Gasteiger charge is 2.09. The van der Waals surface area contributed by atoms with Crippen LogP contribution < -0.4 is 18.9 Å². The van der Waals surface area contributed by atoms with Crippen LogP contribution in [0.15, 0.2) is 48.5 Å². The van der Waals surface area contributed by atoms with Gasteiger partial charge in [0.2, 0.25) is 0 Å². The monoisotopic (exact) mass is 300 g/mol. The van der Waals surface area contributed by atoms with Crippen LogP contribution in [0.2, 0.25) is 0 Å². The number of hydrogen-bond donors (Lipinski definition) is 0. The van der Waals surface area contributed by atoms with Crippen LogP contribution in [0.1, 0.15) is 5.56 Å². The van der Waals surface area contributed by atoms with E-state index in [1.807, 2.05) is 48.6 Å². The van der Waals surface area contributed by atoms with Crippen molar-refractivity contribution in [1.29, 1.82) is 0 Å². The summed E-state index contributed by atoms with van der Waals surface area (Å²) in [4.78, 5) is 0. The molecule has 116 valence electrons. The molecule has 0 aliphatic rings. The molecule has 0 amide bonds. The highest BCUT2D eigenvalue weighted by molar-refractivity contribution is 5.63. The van der Waals surface area contributed by atoms with Gasteiger partial charge in [-0.15, -0.1) is 0 Å². The highest BCUT2D eigenvalue weighted by atomic mass is 16.5. The Bertz CT molecular complexity index is 620. The maximum atomic E-state index is 5.62. The molecule has 2 aromatic carbocycles. The van der Waals surface area contributed by atoms with Crippen molar-refractivity contribution in [3.05, 3.63) is 54.1 Å². The number of hydrogen-bond acceptors (Lipinski definition) is 4. The Labute approximate surface area is 130 Å². The Morgan fingerprint density at radius 1 is 0.818 bits per heavy atom. The summed E-state index contributed by atoms with van der Waals surface area (Å²) in [5, 5.41) is 0. The van der Waals surface area contributed by atoms with E-state index < -0.39 is 0 Å². The van der Waals surface area contributed by atoms with Gasteiger partial charge in [-0.1, -0.05) is 24.3 Å². The van der Waals surface area contributed by atoms with Gasteiger partial charge in [-0.05, 0) is 24.3 Å². The number of benzene rings is 2. The van der Waals surface area contributed by atoms with Crippen molar-refractivity contribution in [2.24, 2.45) is 0 Å². The molecule has 0 aliphatic heterocycles. The third-order valence-electron chi connectivity index (χ3n) is 3.12. The van der Waals surface area contributed by atoms with E-state index in [1.165, 1.54) is 0 Å². The second kappa shape index (κ2) is 7.98. The van der Waals surface area contributed by atoms with Crippen molar-refractivity contribution in [2.45, 2.75) is 0 Å². The molecular weight excluding hydrogens is 280 g/mol. The average molecular weight is 300 g/mol. The van der Waals surface area contributed by atoms with Gasteiger partial charge in [-0.3, -0.25) is 0 Å². The summed E-state index contributed by atoms with van der Waals surface area (Å²) >= 11 is 0. The third-order valence-corrected chi connectivity index (χ3v) is 3.12. The van der Waals surface area contributed by atoms with Crippen molar-refractivity contribution < 1.29 is 18.9 Å². The molecule has 2 aromatic rings. The first-order chi connectivity index (χ1) is 10.8. The second-order valence-corrected chi connectivity index (χ2v) is 4.48. The normalized spacial score (nSPS) is 10.5. The number of methoxy groups -OCH3 is 3. The van der Waals surface area contributed by atoms with Gasteiger partial charge >= 0.3 is 0 Å². The summed E-state index contributed by atoms with van der Waals surface area (Å²) in [6.45, 7) is 0.474. The van der Waals surface area contributed by atoms with Crippen LogP contribution in [0.4, 0.5) is 0 Å². The SMILES string of the molecule is COc1cc(OC)c(OC)cc1/C=C/COc1ccccc1. The number of para-hydroxylation sites is 1. The fourth-order valence-electron chi connectivity index (χ4n) is 2.02. The molecule has 0 spiro atoms. The van der Waals surface area contributed by atoms with Gasteiger partial charge in [0.25, 0.3) is 0 Å². The van der Waals surface area contributed by atoms with Gasteiger partial charge in [0.1, 0.15) is 18.1 Å². The van der Waals surface area contributed by atoms with Gasteiger partial charge in [-0.2, -0.15) is 0 Å². The van der Waals surface area contributed by atoms with Crippen LogP contribution in [0, 0.1) is 0 Å². The van der Waals surface area contributed by atoms with E-state index in [1.54, 1.807) is 27.4 Å². The van der Waals surface area contributed by atoms with E-state index in [2.05, 4.69) is 0 Å². The number of ether oxygens (including phenoxy) is 4. The van der Waals surface area contributed by atoms with Gasteiger partial charge in [0.15, 0.2) is 11.5 Å². The largest absolute Gasteiger partial charge is 0.496 e. The lowest BCUT2D eigenvalue weighted by Gasteiger charge is -2.12. The van der Waals surface area contributed by atoms with Gasteiger partial charge in [0.05, 0.1) is 21.3 Å². The first kappa shape index (κ1) is 15.8. The molecule has 0 unspecified atom stereocenters. The number of rotatable bonds is 7. The predicted octanol–water partition coefficient (Wildman–Crippen LogP) is 3.80. The molecule has 0 bridgehead atoms. The minimum absolute atomic E-state index is 0.474. The van der Waals surface area contributed by atoms with Gasteiger partial charge < -0.3 is 18.9 Å². The van der Waals surface area contributed by atoms with E-state index in [9.17, 15) is 0 Å². The van der Waals surface area contributed by atoms with Gasteiger partial charge in [0, 0.05) is 11.6 Å². The Kier molecular flexibility index (Phi) is 5.72. The molecule has 0 aromatic heterocycles. The quantitative estimate of drug-likeness (QED) is 0.779. The van der Waals surface area contributed by atoms with E-state index in [0.29, 0.717) is 23.9 Å². The lowest BCUT2D eigenvalue weighted by Crippen LogP contribution is -1.95. The van der Waals surface area contributed by atoms with Crippen LogP contribution in [-0.2, 0) is 0 Å². The molecule has 4 heteroatoms. The smallest absolute Gasteiger partial charge is 0.164 e. The fraction of sp³-hybridized carbons (Fsp3) is 0.222. The molecule has 0 fully saturated rings. The minimum Gasteiger partial charge on any atom is -0.496 e. The van der Waals surface area contributed by atoms with Crippen molar-refractivity contribution in [3.8, 4) is 23.0 Å². The summed E-state index contributed by atoms with van der Waals surface area (Å²) in [5.74, 6) is 2.85. The van der Waals surface area contributed by atoms with Crippen LogP contribution in [0.5, 0.6) is 23.0 Å². The summed E-state index contributed by atoms with van der Waals surface area (Å²) in [6.07, 6.45) is 3.86. The van der Waals surface area contributed by atoms with E-state index in [0.717, 1.165) is 11.3 Å². The lowest BCUT2D eigenvalue weighted by molar-refractivity contribution is 0.348. The topological polar surface area (TPSA) is 36.9 Å². The third kappa shape index (κ3) is 3.95. The maximum Gasteiger partial charge on any atom is 0.164 e. The predicted molar refractivity (Wildman–Crippen MR) is 87.1 cm³/mol.